The van der Waals surface area contributed by atoms with Crippen LogP contribution in [0.2, 0.25) is 0 Å². The second-order valence-electron chi connectivity index (χ2n) is 5.54. The summed E-state index contributed by atoms with van der Waals surface area (Å²) in [5.41, 5.74) is -0.732. The van der Waals surface area contributed by atoms with Gasteiger partial charge in [0.2, 0.25) is 0 Å². The minimum absolute atomic E-state index is 0.173. The molecule has 3 unspecified atom stereocenters. The van der Waals surface area contributed by atoms with Crippen molar-refractivity contribution >= 4 is 5.97 Å². The van der Waals surface area contributed by atoms with E-state index in [0.717, 1.165) is 38.7 Å². The summed E-state index contributed by atoms with van der Waals surface area (Å²) in [4.78, 5) is 11.6. The Morgan fingerprint density at radius 1 is 1.53 bits per heavy atom. The smallest absolute Gasteiger partial charge is 0.324 e. The second kappa shape index (κ2) is 6.68. The van der Waals surface area contributed by atoms with Crippen molar-refractivity contribution in [3.8, 4) is 0 Å². The van der Waals surface area contributed by atoms with Gasteiger partial charge in [-0.05, 0) is 38.1 Å². The molecule has 0 aromatic carbocycles. The third-order valence-corrected chi connectivity index (χ3v) is 4.40. The van der Waals surface area contributed by atoms with Gasteiger partial charge in [0.05, 0.1) is 12.7 Å². The highest BCUT2D eigenvalue weighted by Crippen LogP contribution is 2.38. The summed E-state index contributed by atoms with van der Waals surface area (Å²) in [5.74, 6) is -0.534. The van der Waals surface area contributed by atoms with Crippen molar-refractivity contribution in [2.45, 2.75) is 50.7 Å². The van der Waals surface area contributed by atoms with Gasteiger partial charge in [-0.2, -0.15) is 0 Å². The first kappa shape index (κ1) is 14.8. The van der Waals surface area contributed by atoms with Crippen molar-refractivity contribution in [2.24, 2.45) is 5.92 Å². The molecule has 2 aliphatic rings. The van der Waals surface area contributed by atoms with Gasteiger partial charge in [0, 0.05) is 13.2 Å². The van der Waals surface area contributed by atoms with Gasteiger partial charge in [0.1, 0.15) is 5.54 Å². The van der Waals surface area contributed by atoms with Gasteiger partial charge in [-0.3, -0.25) is 4.79 Å². The molecule has 5 nitrogen and oxygen atoms in total. The molecule has 0 amide bonds. The molecule has 2 N–H and O–H groups in total. The SMILES string of the molecule is CCNC1(C(=O)O)CCCC1CCOC1CCOC1. The van der Waals surface area contributed by atoms with Crippen LogP contribution in [0, 0.1) is 5.92 Å². The predicted molar refractivity (Wildman–Crippen MR) is 71.2 cm³/mol. The topological polar surface area (TPSA) is 67.8 Å². The minimum Gasteiger partial charge on any atom is -0.480 e. The zero-order valence-corrected chi connectivity index (χ0v) is 11.7. The summed E-state index contributed by atoms with van der Waals surface area (Å²) in [5, 5.41) is 12.8. The number of nitrogens with one attached hydrogen (secondary N) is 1. The first-order valence-electron chi connectivity index (χ1n) is 7.37. The summed E-state index contributed by atoms with van der Waals surface area (Å²) in [6, 6.07) is 0. The van der Waals surface area contributed by atoms with E-state index in [1.165, 1.54) is 0 Å². The molecular formula is C14H25NO4. The number of carboxylic acids is 1. The maximum absolute atomic E-state index is 11.6. The molecule has 0 bridgehead atoms. The van der Waals surface area contributed by atoms with Crippen LogP contribution < -0.4 is 5.32 Å². The molecule has 1 heterocycles. The van der Waals surface area contributed by atoms with Crippen molar-refractivity contribution in [2.75, 3.05) is 26.4 Å². The Morgan fingerprint density at radius 3 is 3.00 bits per heavy atom. The zero-order chi connectivity index (χ0) is 13.7. The Kier molecular flexibility index (Phi) is 5.19. The molecule has 0 radical (unpaired) electrons. The standard InChI is InChI=1S/C14H25NO4/c1-2-15-14(13(16)17)7-3-4-11(14)5-9-19-12-6-8-18-10-12/h11-12,15H,2-10H2,1H3,(H,16,17). The fraction of sp³-hybridized carbons (Fsp3) is 0.929. The fourth-order valence-electron chi connectivity index (χ4n) is 3.40. The Balaban J connectivity index is 1.84. The number of likely N-dealkylation sites (N-methyl/N-ethyl adjacent to an activating group) is 1. The van der Waals surface area contributed by atoms with Crippen LogP contribution in [0.1, 0.15) is 39.0 Å². The van der Waals surface area contributed by atoms with E-state index in [-0.39, 0.29) is 12.0 Å². The maximum atomic E-state index is 11.6. The molecule has 5 heteroatoms. The van der Waals surface area contributed by atoms with Crippen molar-refractivity contribution < 1.29 is 19.4 Å². The third-order valence-electron chi connectivity index (χ3n) is 4.40. The quantitative estimate of drug-likeness (QED) is 0.733. The van der Waals surface area contributed by atoms with Crippen LogP contribution in [0.4, 0.5) is 0 Å². The van der Waals surface area contributed by atoms with Crippen molar-refractivity contribution in [1.29, 1.82) is 0 Å². The number of hydrogen-bond donors (Lipinski definition) is 2. The largest absolute Gasteiger partial charge is 0.480 e. The van der Waals surface area contributed by atoms with Crippen molar-refractivity contribution in [3.63, 3.8) is 0 Å². The summed E-state index contributed by atoms with van der Waals surface area (Å²) in [6.45, 7) is 4.76. The highest BCUT2D eigenvalue weighted by molar-refractivity contribution is 5.79. The number of carboxylic acid groups (broad SMARTS) is 1. The van der Waals surface area contributed by atoms with E-state index in [0.29, 0.717) is 19.8 Å². The van der Waals surface area contributed by atoms with Crippen LogP contribution in [-0.2, 0) is 14.3 Å². The molecule has 1 aliphatic carbocycles. The molecule has 2 fully saturated rings. The Morgan fingerprint density at radius 2 is 2.37 bits per heavy atom. The normalized spacial score (nSPS) is 34.8. The molecule has 1 saturated carbocycles. The maximum Gasteiger partial charge on any atom is 0.324 e. The van der Waals surface area contributed by atoms with E-state index in [9.17, 15) is 9.90 Å². The van der Waals surface area contributed by atoms with Gasteiger partial charge in [0.25, 0.3) is 0 Å². The highest BCUT2D eigenvalue weighted by atomic mass is 16.5. The lowest BCUT2D eigenvalue weighted by molar-refractivity contribution is -0.147. The molecule has 3 atom stereocenters. The predicted octanol–water partition coefficient (Wildman–Crippen LogP) is 1.41. The Labute approximate surface area is 114 Å². The average Bonchev–Trinajstić information content (AvgIpc) is 3.01. The van der Waals surface area contributed by atoms with E-state index in [1.54, 1.807) is 0 Å². The van der Waals surface area contributed by atoms with Crippen LogP contribution in [0.5, 0.6) is 0 Å². The molecular weight excluding hydrogens is 246 g/mol. The van der Waals surface area contributed by atoms with E-state index in [4.69, 9.17) is 9.47 Å². The molecule has 110 valence electrons. The monoisotopic (exact) mass is 271 g/mol. The average molecular weight is 271 g/mol. The lowest BCUT2D eigenvalue weighted by Gasteiger charge is -2.32. The molecule has 0 aromatic heterocycles. The van der Waals surface area contributed by atoms with Gasteiger partial charge in [-0.25, -0.2) is 0 Å². The van der Waals surface area contributed by atoms with Crippen LogP contribution in [0.15, 0.2) is 0 Å². The summed E-state index contributed by atoms with van der Waals surface area (Å²) in [7, 11) is 0. The highest BCUT2D eigenvalue weighted by Gasteiger charge is 2.48. The minimum atomic E-state index is -0.732. The van der Waals surface area contributed by atoms with Crippen LogP contribution in [-0.4, -0.2) is 49.1 Å². The molecule has 1 saturated heterocycles. The summed E-state index contributed by atoms with van der Waals surface area (Å²) in [6.07, 6.45) is 4.67. The Hall–Kier alpha value is -0.650. The molecule has 19 heavy (non-hydrogen) atoms. The zero-order valence-electron chi connectivity index (χ0n) is 11.7. The van der Waals surface area contributed by atoms with Crippen LogP contribution in [0.25, 0.3) is 0 Å². The molecule has 1 aliphatic heterocycles. The first-order chi connectivity index (χ1) is 9.19. The van der Waals surface area contributed by atoms with Gasteiger partial charge < -0.3 is 19.9 Å². The summed E-state index contributed by atoms with van der Waals surface area (Å²) >= 11 is 0. The number of ether oxygens (including phenoxy) is 2. The van der Waals surface area contributed by atoms with Gasteiger partial charge in [0.15, 0.2) is 0 Å². The molecule has 0 spiro atoms. The number of rotatable bonds is 7. The van der Waals surface area contributed by atoms with E-state index in [1.807, 2.05) is 6.92 Å². The number of aliphatic carboxylic acids is 1. The first-order valence-corrected chi connectivity index (χ1v) is 7.37. The van der Waals surface area contributed by atoms with Crippen LogP contribution in [0.3, 0.4) is 0 Å². The van der Waals surface area contributed by atoms with Crippen LogP contribution >= 0.6 is 0 Å². The lowest BCUT2D eigenvalue weighted by atomic mass is 9.84. The Bertz CT molecular complexity index is 304. The van der Waals surface area contributed by atoms with E-state index >= 15 is 0 Å². The van der Waals surface area contributed by atoms with Gasteiger partial charge >= 0.3 is 5.97 Å². The fourth-order valence-corrected chi connectivity index (χ4v) is 3.40. The summed E-state index contributed by atoms with van der Waals surface area (Å²) < 4.78 is 11.0. The van der Waals surface area contributed by atoms with Crippen molar-refractivity contribution in [1.82, 2.24) is 5.32 Å². The van der Waals surface area contributed by atoms with Crippen molar-refractivity contribution in [3.05, 3.63) is 0 Å². The van der Waals surface area contributed by atoms with Gasteiger partial charge in [-0.15, -0.1) is 0 Å². The van der Waals surface area contributed by atoms with E-state index in [2.05, 4.69) is 5.32 Å². The second-order valence-corrected chi connectivity index (χ2v) is 5.54. The molecule has 0 aromatic rings. The number of carbonyl (C=O) groups is 1. The van der Waals surface area contributed by atoms with Gasteiger partial charge in [-0.1, -0.05) is 13.3 Å². The lowest BCUT2D eigenvalue weighted by Crippen LogP contribution is -2.55. The van der Waals surface area contributed by atoms with E-state index < -0.39 is 11.5 Å². The molecule has 2 rings (SSSR count). The third kappa shape index (κ3) is 3.27. The number of hydrogen-bond acceptors (Lipinski definition) is 4.